The Kier molecular flexibility index (Phi) is 5.18. The number of hydrogen-bond donors (Lipinski definition) is 0. The van der Waals surface area contributed by atoms with Crippen molar-refractivity contribution >= 4 is 17.2 Å². The van der Waals surface area contributed by atoms with E-state index in [9.17, 15) is 5.26 Å². The van der Waals surface area contributed by atoms with Crippen molar-refractivity contribution < 1.29 is 4.74 Å². The second kappa shape index (κ2) is 7.51. The van der Waals surface area contributed by atoms with Gasteiger partial charge in [0.25, 0.3) is 0 Å². The maximum Gasteiger partial charge on any atom is 0.183 e. The van der Waals surface area contributed by atoms with Gasteiger partial charge in [-0.3, -0.25) is 4.90 Å². The standard InChI is InChI=1S/C16H19N5OS/c1-20(16-13(11-17)18-4-5-19-16)12-14(15-3-2-10-23-15)21-6-8-22-9-7-21/h2-5,10,14H,6-9,12H2,1H3/t14-/m0/s1. The fourth-order valence-corrected chi connectivity index (χ4v) is 3.64. The normalized spacial score (nSPS) is 16.7. The molecule has 0 radical (unpaired) electrons. The van der Waals surface area contributed by atoms with Crippen molar-refractivity contribution in [2.75, 3.05) is 44.8 Å². The van der Waals surface area contributed by atoms with E-state index in [1.54, 1.807) is 23.7 Å². The lowest BCUT2D eigenvalue weighted by Gasteiger charge is -2.36. The second-order valence-electron chi connectivity index (χ2n) is 5.40. The van der Waals surface area contributed by atoms with Crippen LogP contribution < -0.4 is 4.90 Å². The molecular weight excluding hydrogens is 310 g/mol. The molecule has 0 aromatic carbocycles. The van der Waals surface area contributed by atoms with Crippen molar-refractivity contribution in [1.82, 2.24) is 14.9 Å². The Morgan fingerprint density at radius 1 is 1.39 bits per heavy atom. The van der Waals surface area contributed by atoms with Gasteiger partial charge in [-0.05, 0) is 11.4 Å². The lowest BCUT2D eigenvalue weighted by Crippen LogP contribution is -2.43. The summed E-state index contributed by atoms with van der Waals surface area (Å²) in [6.07, 6.45) is 3.18. The minimum Gasteiger partial charge on any atom is -0.379 e. The zero-order valence-corrected chi connectivity index (χ0v) is 13.9. The van der Waals surface area contributed by atoms with Crippen LogP contribution in [0.4, 0.5) is 5.82 Å². The predicted molar refractivity (Wildman–Crippen MR) is 89.5 cm³/mol. The highest BCUT2D eigenvalue weighted by molar-refractivity contribution is 7.10. The second-order valence-corrected chi connectivity index (χ2v) is 6.38. The molecule has 1 saturated heterocycles. The van der Waals surface area contributed by atoms with Crippen molar-refractivity contribution in [3.63, 3.8) is 0 Å². The third-order valence-electron chi connectivity index (χ3n) is 3.95. The molecule has 1 fully saturated rings. The molecule has 0 unspecified atom stereocenters. The lowest BCUT2D eigenvalue weighted by atomic mass is 10.1. The number of likely N-dealkylation sites (N-methyl/N-ethyl adjacent to an activating group) is 1. The number of thiophene rings is 1. The molecule has 1 aliphatic heterocycles. The highest BCUT2D eigenvalue weighted by atomic mass is 32.1. The Labute approximate surface area is 140 Å². The molecule has 7 heteroatoms. The van der Waals surface area contributed by atoms with E-state index in [4.69, 9.17) is 4.74 Å². The zero-order chi connectivity index (χ0) is 16.1. The van der Waals surface area contributed by atoms with Gasteiger partial charge >= 0.3 is 0 Å². The van der Waals surface area contributed by atoms with Crippen LogP contribution in [0.3, 0.4) is 0 Å². The molecule has 23 heavy (non-hydrogen) atoms. The number of aromatic nitrogens is 2. The van der Waals surface area contributed by atoms with E-state index in [1.165, 1.54) is 4.88 Å². The molecule has 1 aliphatic rings. The summed E-state index contributed by atoms with van der Waals surface area (Å²) in [5.74, 6) is 0.629. The van der Waals surface area contributed by atoms with Crippen LogP contribution in [0.5, 0.6) is 0 Å². The molecule has 0 saturated carbocycles. The fourth-order valence-electron chi connectivity index (χ4n) is 2.79. The van der Waals surface area contributed by atoms with E-state index in [0.717, 1.165) is 32.8 Å². The van der Waals surface area contributed by atoms with E-state index >= 15 is 0 Å². The first-order valence-corrected chi connectivity index (χ1v) is 8.45. The third-order valence-corrected chi connectivity index (χ3v) is 4.92. The maximum absolute atomic E-state index is 9.23. The summed E-state index contributed by atoms with van der Waals surface area (Å²) in [6, 6.07) is 6.63. The van der Waals surface area contributed by atoms with E-state index in [1.807, 2.05) is 11.9 Å². The fraction of sp³-hybridized carbons (Fsp3) is 0.438. The van der Waals surface area contributed by atoms with E-state index in [0.29, 0.717) is 11.5 Å². The van der Waals surface area contributed by atoms with Gasteiger partial charge < -0.3 is 9.64 Å². The maximum atomic E-state index is 9.23. The number of ether oxygens (including phenoxy) is 1. The highest BCUT2D eigenvalue weighted by Crippen LogP contribution is 2.28. The summed E-state index contributed by atoms with van der Waals surface area (Å²) in [6.45, 7) is 4.12. The Hall–Kier alpha value is -2.01. The molecule has 0 spiro atoms. The van der Waals surface area contributed by atoms with Gasteiger partial charge in [0.2, 0.25) is 0 Å². The summed E-state index contributed by atoms with van der Waals surface area (Å²) < 4.78 is 5.48. The highest BCUT2D eigenvalue weighted by Gasteiger charge is 2.25. The van der Waals surface area contributed by atoms with Gasteiger partial charge in [0.15, 0.2) is 11.5 Å². The first-order chi connectivity index (χ1) is 11.3. The Morgan fingerprint density at radius 3 is 2.87 bits per heavy atom. The predicted octanol–water partition coefficient (Wildman–Crippen LogP) is 1.92. The van der Waals surface area contributed by atoms with Crippen molar-refractivity contribution in [2.24, 2.45) is 0 Å². The van der Waals surface area contributed by atoms with Crippen LogP contribution >= 0.6 is 11.3 Å². The molecule has 120 valence electrons. The molecule has 3 heterocycles. The topological polar surface area (TPSA) is 65.3 Å². The average molecular weight is 329 g/mol. The summed E-state index contributed by atoms with van der Waals surface area (Å²) in [5, 5.41) is 11.3. The third kappa shape index (κ3) is 3.67. The number of rotatable bonds is 5. The minimum absolute atomic E-state index is 0.262. The first kappa shape index (κ1) is 15.9. The van der Waals surface area contributed by atoms with Crippen LogP contribution in [0.15, 0.2) is 29.9 Å². The van der Waals surface area contributed by atoms with Crippen molar-refractivity contribution in [1.29, 1.82) is 5.26 Å². The average Bonchev–Trinajstić information content (AvgIpc) is 3.14. The van der Waals surface area contributed by atoms with Crippen LogP contribution in [0.2, 0.25) is 0 Å². The molecule has 0 aliphatic carbocycles. The number of nitriles is 1. The smallest absolute Gasteiger partial charge is 0.183 e. The molecule has 0 N–H and O–H groups in total. The van der Waals surface area contributed by atoms with E-state index < -0.39 is 0 Å². The first-order valence-electron chi connectivity index (χ1n) is 7.57. The van der Waals surface area contributed by atoms with Gasteiger partial charge in [-0.25, -0.2) is 9.97 Å². The molecule has 3 rings (SSSR count). The number of morpholine rings is 1. The number of hydrogen-bond acceptors (Lipinski definition) is 7. The van der Waals surface area contributed by atoms with Gasteiger partial charge in [0.05, 0.1) is 19.3 Å². The van der Waals surface area contributed by atoms with Crippen LogP contribution in [-0.2, 0) is 4.74 Å². The van der Waals surface area contributed by atoms with Crippen molar-refractivity contribution in [2.45, 2.75) is 6.04 Å². The summed E-state index contributed by atoms with van der Waals surface area (Å²) in [7, 11) is 1.96. The van der Waals surface area contributed by atoms with E-state index in [-0.39, 0.29) is 6.04 Å². The van der Waals surface area contributed by atoms with Crippen LogP contribution in [-0.4, -0.2) is 54.8 Å². The Morgan fingerprint density at radius 2 is 2.17 bits per heavy atom. The molecule has 1 atom stereocenters. The van der Waals surface area contributed by atoms with Crippen LogP contribution in [0, 0.1) is 11.3 Å². The van der Waals surface area contributed by atoms with Gasteiger partial charge in [-0.2, -0.15) is 5.26 Å². The monoisotopic (exact) mass is 329 g/mol. The van der Waals surface area contributed by atoms with Gasteiger partial charge in [0.1, 0.15) is 6.07 Å². The minimum atomic E-state index is 0.262. The quantitative estimate of drug-likeness (QED) is 0.835. The Bertz CT molecular complexity index is 663. The van der Waals surface area contributed by atoms with Gasteiger partial charge in [-0.15, -0.1) is 11.3 Å². The van der Waals surface area contributed by atoms with Crippen LogP contribution in [0.1, 0.15) is 16.6 Å². The van der Waals surface area contributed by atoms with Gasteiger partial charge in [-0.1, -0.05) is 6.07 Å². The largest absolute Gasteiger partial charge is 0.379 e. The molecule has 2 aromatic rings. The zero-order valence-electron chi connectivity index (χ0n) is 13.1. The van der Waals surface area contributed by atoms with Crippen LogP contribution in [0.25, 0.3) is 0 Å². The van der Waals surface area contributed by atoms with Gasteiger partial charge in [0, 0.05) is 44.0 Å². The van der Waals surface area contributed by atoms with Crippen molar-refractivity contribution in [3.8, 4) is 6.07 Å². The summed E-state index contributed by atoms with van der Waals surface area (Å²) in [5.41, 5.74) is 0.363. The summed E-state index contributed by atoms with van der Waals surface area (Å²) in [4.78, 5) is 14.2. The number of nitrogens with zero attached hydrogens (tertiary/aromatic N) is 5. The van der Waals surface area contributed by atoms with Crippen molar-refractivity contribution in [3.05, 3.63) is 40.5 Å². The molecule has 6 nitrogen and oxygen atoms in total. The molecule has 2 aromatic heterocycles. The number of anilines is 1. The molecular formula is C16H19N5OS. The lowest BCUT2D eigenvalue weighted by molar-refractivity contribution is 0.0183. The Balaban J connectivity index is 1.82. The molecule has 0 amide bonds. The SMILES string of the molecule is CN(C[C@@H](c1cccs1)N1CCOCC1)c1nccnc1C#N. The summed E-state index contributed by atoms with van der Waals surface area (Å²) >= 11 is 1.76. The molecule has 0 bridgehead atoms. The van der Waals surface area contributed by atoms with E-state index in [2.05, 4.69) is 38.4 Å².